The van der Waals surface area contributed by atoms with E-state index in [0.717, 1.165) is 16.7 Å². The zero-order valence-corrected chi connectivity index (χ0v) is 20.2. The van der Waals surface area contributed by atoms with Gasteiger partial charge in [-0.3, -0.25) is 4.79 Å². The van der Waals surface area contributed by atoms with Gasteiger partial charge in [0.2, 0.25) is 5.91 Å². The zero-order chi connectivity index (χ0) is 25.8. The summed E-state index contributed by atoms with van der Waals surface area (Å²) in [6.07, 6.45) is 0.320. The monoisotopic (exact) mass is 499 g/mol. The van der Waals surface area contributed by atoms with Crippen molar-refractivity contribution in [1.82, 2.24) is 0 Å². The maximum atomic E-state index is 14.0. The molecule has 6 heteroatoms. The number of rotatable bonds is 9. The van der Waals surface area contributed by atoms with Crippen LogP contribution in [0.5, 0.6) is 5.75 Å². The van der Waals surface area contributed by atoms with E-state index >= 15 is 0 Å². The Bertz CT molecular complexity index is 1340. The number of hydrogen-bond donors (Lipinski definition) is 1. The van der Waals surface area contributed by atoms with Gasteiger partial charge in [-0.2, -0.15) is 0 Å². The van der Waals surface area contributed by atoms with Crippen molar-refractivity contribution in [2.45, 2.75) is 24.4 Å². The number of hydrogen-bond acceptors (Lipinski definition) is 3. The summed E-state index contributed by atoms with van der Waals surface area (Å²) in [5.74, 6) is -0.615. The topological polar surface area (TPSA) is 49.8 Å². The second-order valence-corrected chi connectivity index (χ2v) is 9.25. The van der Waals surface area contributed by atoms with Crippen molar-refractivity contribution in [1.29, 1.82) is 0 Å². The van der Waals surface area contributed by atoms with Gasteiger partial charge in [0.05, 0.1) is 5.41 Å². The highest BCUT2D eigenvalue weighted by atomic mass is 19.1. The fraction of sp³-hybridized carbons (Fsp3) is 0.194. The van der Waals surface area contributed by atoms with Gasteiger partial charge < -0.3 is 14.7 Å². The number of ether oxygens (including phenoxy) is 1. The van der Waals surface area contributed by atoms with Crippen LogP contribution in [0.15, 0.2) is 103 Å². The van der Waals surface area contributed by atoms with Crippen molar-refractivity contribution in [3.8, 4) is 5.75 Å². The molecule has 0 aromatic heterocycles. The molecule has 2 atom stereocenters. The number of β-lactam (4-membered cyclic amide) rings is 1. The highest BCUT2D eigenvalue weighted by molar-refractivity contribution is 6.09. The van der Waals surface area contributed by atoms with Crippen molar-refractivity contribution >= 4 is 11.6 Å². The van der Waals surface area contributed by atoms with E-state index in [9.17, 15) is 18.7 Å². The van der Waals surface area contributed by atoms with Gasteiger partial charge in [-0.15, -0.1) is 0 Å². The fourth-order valence-electron chi connectivity index (χ4n) is 5.15. The van der Waals surface area contributed by atoms with Crippen LogP contribution in [0.25, 0.3) is 0 Å². The average molecular weight is 500 g/mol. The minimum Gasteiger partial charge on any atom is -0.489 e. The van der Waals surface area contributed by atoms with Crippen LogP contribution in [0.1, 0.15) is 29.0 Å². The highest BCUT2D eigenvalue weighted by Crippen LogP contribution is 2.50. The van der Waals surface area contributed by atoms with Gasteiger partial charge >= 0.3 is 0 Å². The first kappa shape index (κ1) is 24.7. The van der Waals surface area contributed by atoms with E-state index in [0.29, 0.717) is 31.0 Å². The van der Waals surface area contributed by atoms with E-state index in [2.05, 4.69) is 0 Å². The number of benzene rings is 4. The normalized spacial score (nSPS) is 17.8. The van der Waals surface area contributed by atoms with E-state index in [1.807, 2.05) is 54.6 Å². The molecule has 1 aliphatic heterocycles. The number of aliphatic hydroxyl groups excluding tert-OH is 1. The molecule has 1 N–H and O–H groups in total. The summed E-state index contributed by atoms with van der Waals surface area (Å²) in [5, 5.41) is 9.94. The number of anilines is 1. The van der Waals surface area contributed by atoms with E-state index in [-0.39, 0.29) is 24.1 Å². The quantitative estimate of drug-likeness (QED) is 0.288. The molecule has 1 heterocycles. The summed E-state index contributed by atoms with van der Waals surface area (Å²) >= 11 is 0. The Kier molecular flexibility index (Phi) is 7.01. The average Bonchev–Trinajstić information content (AvgIpc) is 2.93. The van der Waals surface area contributed by atoms with E-state index in [1.54, 1.807) is 29.2 Å². The first-order chi connectivity index (χ1) is 18.0. The van der Waals surface area contributed by atoms with Crippen LogP contribution in [-0.2, 0) is 16.8 Å². The molecule has 1 aliphatic rings. The van der Waals surface area contributed by atoms with E-state index in [4.69, 9.17) is 4.74 Å². The van der Waals surface area contributed by atoms with Crippen LogP contribution >= 0.6 is 0 Å². The summed E-state index contributed by atoms with van der Waals surface area (Å²) in [5.41, 5.74) is 2.23. The third-order valence-corrected chi connectivity index (χ3v) is 7.08. The van der Waals surface area contributed by atoms with Crippen LogP contribution in [-0.4, -0.2) is 24.2 Å². The lowest BCUT2D eigenvalue weighted by molar-refractivity contribution is -0.131. The molecule has 1 saturated heterocycles. The summed E-state index contributed by atoms with van der Waals surface area (Å²) in [4.78, 5) is 15.6. The molecule has 1 fully saturated rings. The lowest BCUT2D eigenvalue weighted by Gasteiger charge is -2.53. The van der Waals surface area contributed by atoms with Crippen molar-refractivity contribution < 1.29 is 23.4 Å². The lowest BCUT2D eigenvalue weighted by atomic mass is 9.61. The molecule has 0 aliphatic carbocycles. The van der Waals surface area contributed by atoms with E-state index < -0.39 is 11.3 Å². The summed E-state index contributed by atoms with van der Waals surface area (Å²) in [6.45, 7) is 0.626. The smallest absolute Gasteiger partial charge is 0.240 e. The molecule has 1 unspecified atom stereocenters. The molecular formula is C31H27F2NO3. The predicted octanol–water partition coefficient (Wildman–Crippen LogP) is 5.99. The molecule has 5 rings (SSSR count). The molecule has 188 valence electrons. The molecular weight excluding hydrogens is 472 g/mol. The molecule has 0 radical (unpaired) electrons. The molecule has 0 bridgehead atoms. The number of carbonyl (C=O) groups excluding carboxylic acids is 1. The Morgan fingerprint density at radius 1 is 0.838 bits per heavy atom. The molecule has 4 aromatic carbocycles. The molecule has 0 saturated carbocycles. The lowest BCUT2D eigenvalue weighted by Crippen LogP contribution is -2.67. The van der Waals surface area contributed by atoms with Gasteiger partial charge in [-0.1, -0.05) is 54.6 Å². The molecule has 1 amide bonds. The predicted molar refractivity (Wildman–Crippen MR) is 138 cm³/mol. The van der Waals surface area contributed by atoms with Crippen molar-refractivity contribution in [2.75, 3.05) is 18.1 Å². The van der Waals surface area contributed by atoms with Crippen LogP contribution in [0.2, 0.25) is 0 Å². The Hall–Kier alpha value is -4.03. The zero-order valence-electron chi connectivity index (χ0n) is 20.2. The van der Waals surface area contributed by atoms with Gasteiger partial charge in [0, 0.05) is 24.8 Å². The van der Waals surface area contributed by atoms with Crippen LogP contribution in [0.3, 0.4) is 0 Å². The second-order valence-electron chi connectivity index (χ2n) is 9.25. The molecule has 4 nitrogen and oxygen atoms in total. The number of amides is 1. The molecule has 4 aromatic rings. The molecule has 37 heavy (non-hydrogen) atoms. The Balaban J connectivity index is 1.48. The standard InChI is InChI=1S/C31H27F2NO3/c32-25-10-6-23(7-11-25)29(18-19-35)31(21-34(30(31)36)27-14-12-26(33)13-15-27)24-8-16-28(17-9-24)37-20-22-4-2-1-3-5-22/h1-17,29,35H,18-21H2/t29?,31-/m0/s1. The van der Waals surface area contributed by atoms with Gasteiger partial charge in [-0.25, -0.2) is 8.78 Å². The van der Waals surface area contributed by atoms with Gasteiger partial charge in [0.25, 0.3) is 0 Å². The van der Waals surface area contributed by atoms with Crippen LogP contribution < -0.4 is 9.64 Å². The minimum atomic E-state index is -0.979. The maximum Gasteiger partial charge on any atom is 0.240 e. The van der Waals surface area contributed by atoms with Gasteiger partial charge in [0.15, 0.2) is 0 Å². The third-order valence-electron chi connectivity index (χ3n) is 7.08. The number of halogens is 2. The summed E-state index contributed by atoms with van der Waals surface area (Å²) < 4.78 is 33.2. The largest absolute Gasteiger partial charge is 0.489 e. The van der Waals surface area contributed by atoms with Gasteiger partial charge in [-0.05, 0) is 71.6 Å². The molecule has 0 spiro atoms. The van der Waals surface area contributed by atoms with Crippen LogP contribution in [0.4, 0.5) is 14.5 Å². The van der Waals surface area contributed by atoms with Crippen LogP contribution in [0, 0.1) is 11.6 Å². The Labute approximate surface area is 214 Å². The third kappa shape index (κ3) is 4.85. The first-order valence-corrected chi connectivity index (χ1v) is 12.2. The second kappa shape index (κ2) is 10.5. The summed E-state index contributed by atoms with van der Waals surface area (Å²) in [7, 11) is 0. The van der Waals surface area contributed by atoms with Crippen molar-refractivity contribution in [2.24, 2.45) is 0 Å². The maximum absolute atomic E-state index is 14.0. The van der Waals surface area contributed by atoms with Crippen molar-refractivity contribution in [3.05, 3.63) is 131 Å². The number of carbonyl (C=O) groups is 1. The fourth-order valence-corrected chi connectivity index (χ4v) is 5.15. The SMILES string of the molecule is O=C1N(c2ccc(F)cc2)C[C@]1(c1ccc(OCc2ccccc2)cc1)C(CCO)c1ccc(F)cc1. The highest BCUT2D eigenvalue weighted by Gasteiger charge is 2.58. The summed E-state index contributed by atoms with van der Waals surface area (Å²) in [6, 6.07) is 29.2. The first-order valence-electron chi connectivity index (χ1n) is 12.2. The Morgan fingerprint density at radius 2 is 1.46 bits per heavy atom. The van der Waals surface area contributed by atoms with Gasteiger partial charge in [0.1, 0.15) is 24.0 Å². The van der Waals surface area contributed by atoms with Crippen molar-refractivity contribution in [3.63, 3.8) is 0 Å². The number of aliphatic hydroxyl groups is 1. The number of nitrogens with zero attached hydrogens (tertiary/aromatic N) is 1. The minimum absolute atomic E-state index is 0.133. The Morgan fingerprint density at radius 3 is 2.05 bits per heavy atom. The van der Waals surface area contributed by atoms with E-state index in [1.165, 1.54) is 24.3 Å².